The van der Waals surface area contributed by atoms with Crippen LogP contribution < -0.4 is 0 Å². The van der Waals surface area contributed by atoms with Gasteiger partial charge in [-0.1, -0.05) is 37.1 Å². The second-order valence-electron chi connectivity index (χ2n) is 8.60. The fourth-order valence-electron chi connectivity index (χ4n) is 6.02. The Morgan fingerprint density at radius 1 is 1.18 bits per heavy atom. The smallest absolute Gasteiger partial charge is 0.0762 e. The molecule has 3 rings (SSSR count). The third kappa shape index (κ3) is 1.93. The van der Waals surface area contributed by atoms with Crippen LogP contribution in [0, 0.1) is 29.1 Å². The van der Waals surface area contributed by atoms with Crippen LogP contribution in [0.2, 0.25) is 0 Å². The van der Waals surface area contributed by atoms with Crippen molar-refractivity contribution < 1.29 is 10.2 Å². The second-order valence-corrected chi connectivity index (χ2v) is 8.60. The summed E-state index contributed by atoms with van der Waals surface area (Å²) in [4.78, 5) is 0. The summed E-state index contributed by atoms with van der Waals surface area (Å²) in [6.07, 6.45) is 8.00. The number of rotatable bonds is 3. The molecule has 0 bridgehead atoms. The Morgan fingerprint density at radius 3 is 2.50 bits per heavy atom. The lowest BCUT2D eigenvalue weighted by atomic mass is 9.43. The fraction of sp³-hybridized carbons (Fsp3) is 0.800. The Hall–Kier alpha value is -0.600. The highest BCUT2D eigenvalue weighted by Crippen LogP contribution is 2.75. The average Bonchev–Trinajstić information content (AvgIpc) is 2.83. The van der Waals surface area contributed by atoms with E-state index in [1.807, 2.05) is 0 Å². The maximum Gasteiger partial charge on any atom is 0.0762 e. The zero-order valence-electron chi connectivity index (χ0n) is 14.8. The van der Waals surface area contributed by atoms with Gasteiger partial charge in [-0.3, -0.25) is 0 Å². The number of hydrogen-bond acceptors (Lipinski definition) is 2. The minimum atomic E-state index is -0.620. The molecule has 0 heterocycles. The van der Waals surface area contributed by atoms with Crippen molar-refractivity contribution in [1.29, 1.82) is 0 Å². The van der Waals surface area contributed by atoms with Crippen LogP contribution in [0.4, 0.5) is 0 Å². The Balaban J connectivity index is 1.86. The van der Waals surface area contributed by atoms with Crippen molar-refractivity contribution in [3.63, 3.8) is 0 Å². The Kier molecular flexibility index (Phi) is 3.85. The van der Waals surface area contributed by atoms with Gasteiger partial charge in [0.25, 0.3) is 0 Å². The third-order valence-corrected chi connectivity index (χ3v) is 7.31. The van der Waals surface area contributed by atoms with Crippen LogP contribution in [0.5, 0.6) is 0 Å². The third-order valence-electron chi connectivity index (χ3n) is 7.31. The molecule has 0 spiro atoms. The molecular weight excluding hydrogens is 272 g/mol. The van der Waals surface area contributed by atoms with E-state index in [-0.39, 0.29) is 11.5 Å². The first-order chi connectivity index (χ1) is 10.2. The van der Waals surface area contributed by atoms with Crippen molar-refractivity contribution in [3.8, 4) is 0 Å². The Bertz CT molecular complexity index is 516. The maximum absolute atomic E-state index is 11.2. The molecule has 0 amide bonds. The summed E-state index contributed by atoms with van der Waals surface area (Å²) in [5.41, 5.74) is 1.85. The molecule has 0 aromatic rings. The summed E-state index contributed by atoms with van der Waals surface area (Å²) >= 11 is 0. The molecular formula is C20H32O2. The molecule has 22 heavy (non-hydrogen) atoms. The van der Waals surface area contributed by atoms with Crippen molar-refractivity contribution >= 4 is 0 Å². The van der Waals surface area contributed by atoms with Crippen LogP contribution in [0.25, 0.3) is 0 Å². The van der Waals surface area contributed by atoms with E-state index in [2.05, 4.69) is 46.8 Å². The zero-order valence-corrected chi connectivity index (χ0v) is 14.8. The van der Waals surface area contributed by atoms with Gasteiger partial charge in [0, 0.05) is 5.41 Å². The SMILES string of the molecule is CC(C)=CCC=C(C)C1CC(O)C2(C)C1C1C(C)CCC12O. The maximum atomic E-state index is 11.2. The van der Waals surface area contributed by atoms with Crippen molar-refractivity contribution in [2.45, 2.75) is 72.0 Å². The number of fused-ring (bicyclic) bond motifs is 4. The molecule has 0 aromatic carbocycles. The molecule has 3 aliphatic carbocycles. The minimum absolute atomic E-state index is 0.293. The van der Waals surface area contributed by atoms with Gasteiger partial charge in [-0.2, -0.15) is 0 Å². The molecule has 0 aromatic heterocycles. The van der Waals surface area contributed by atoms with Crippen LogP contribution in [0.3, 0.4) is 0 Å². The van der Waals surface area contributed by atoms with Crippen LogP contribution in [0.15, 0.2) is 23.3 Å². The number of aliphatic hydroxyl groups is 2. The average molecular weight is 304 g/mol. The van der Waals surface area contributed by atoms with E-state index in [1.165, 1.54) is 11.1 Å². The van der Waals surface area contributed by atoms with Gasteiger partial charge in [0.15, 0.2) is 0 Å². The highest BCUT2D eigenvalue weighted by molar-refractivity contribution is 5.30. The quantitative estimate of drug-likeness (QED) is 0.771. The van der Waals surface area contributed by atoms with Gasteiger partial charge in [-0.25, -0.2) is 0 Å². The number of aliphatic hydroxyl groups excluding tert-OH is 1. The predicted molar refractivity (Wildman–Crippen MR) is 90.4 cm³/mol. The first kappa shape index (κ1) is 16.3. The van der Waals surface area contributed by atoms with Crippen molar-refractivity contribution in [1.82, 2.24) is 0 Å². The summed E-state index contributed by atoms with van der Waals surface area (Å²) < 4.78 is 0. The molecule has 124 valence electrons. The topological polar surface area (TPSA) is 40.5 Å². The van der Waals surface area contributed by atoms with Gasteiger partial charge in [0.2, 0.25) is 0 Å². The normalized spacial score (nSPS) is 50.3. The fourth-order valence-corrected chi connectivity index (χ4v) is 6.02. The van der Waals surface area contributed by atoms with E-state index in [0.29, 0.717) is 23.7 Å². The monoisotopic (exact) mass is 304 g/mol. The van der Waals surface area contributed by atoms with Crippen LogP contribution in [-0.2, 0) is 0 Å². The summed E-state index contributed by atoms with van der Waals surface area (Å²) in [6, 6.07) is 0. The first-order valence-electron chi connectivity index (χ1n) is 8.94. The van der Waals surface area contributed by atoms with Crippen molar-refractivity contribution in [3.05, 3.63) is 23.3 Å². The lowest BCUT2D eigenvalue weighted by Gasteiger charge is -2.64. The first-order valence-corrected chi connectivity index (χ1v) is 8.94. The molecule has 7 atom stereocenters. The minimum Gasteiger partial charge on any atom is -0.392 e. The van der Waals surface area contributed by atoms with Crippen LogP contribution in [0.1, 0.15) is 60.3 Å². The van der Waals surface area contributed by atoms with Gasteiger partial charge in [-0.05, 0) is 70.1 Å². The zero-order chi connectivity index (χ0) is 16.3. The molecule has 3 saturated carbocycles. The van der Waals surface area contributed by atoms with E-state index in [4.69, 9.17) is 0 Å². The number of hydrogen-bond donors (Lipinski definition) is 2. The largest absolute Gasteiger partial charge is 0.392 e. The summed E-state index contributed by atoms with van der Waals surface area (Å²) in [7, 11) is 0. The molecule has 2 heteroatoms. The van der Waals surface area contributed by atoms with E-state index >= 15 is 0 Å². The van der Waals surface area contributed by atoms with Gasteiger partial charge in [0.05, 0.1) is 11.7 Å². The summed E-state index contributed by atoms with van der Waals surface area (Å²) in [5, 5.41) is 21.9. The Morgan fingerprint density at radius 2 is 1.86 bits per heavy atom. The van der Waals surface area contributed by atoms with E-state index in [9.17, 15) is 10.2 Å². The van der Waals surface area contributed by atoms with Gasteiger partial charge in [0.1, 0.15) is 0 Å². The second kappa shape index (κ2) is 5.21. The molecule has 2 nitrogen and oxygen atoms in total. The van der Waals surface area contributed by atoms with Crippen molar-refractivity contribution in [2.24, 2.45) is 29.1 Å². The lowest BCUT2D eigenvalue weighted by molar-refractivity contribution is -0.266. The standard InChI is InChI=1S/C20H32O2/c1-12(2)7-6-8-13(3)15-11-16(21)19(5)18(15)17-14(4)9-10-20(17,19)22/h7-8,14-18,21-22H,6,9-11H2,1-5H3. The van der Waals surface area contributed by atoms with E-state index < -0.39 is 5.60 Å². The molecule has 7 unspecified atom stereocenters. The van der Waals surface area contributed by atoms with E-state index in [1.54, 1.807) is 0 Å². The lowest BCUT2D eigenvalue weighted by Crippen LogP contribution is -2.70. The molecule has 2 N–H and O–H groups in total. The number of allylic oxidation sites excluding steroid dienone is 4. The highest BCUT2D eigenvalue weighted by Gasteiger charge is 2.78. The van der Waals surface area contributed by atoms with Crippen LogP contribution in [-0.4, -0.2) is 21.9 Å². The molecule has 3 aliphatic rings. The predicted octanol–water partition coefficient (Wildman–Crippen LogP) is 4.08. The van der Waals surface area contributed by atoms with Crippen molar-refractivity contribution in [2.75, 3.05) is 0 Å². The van der Waals surface area contributed by atoms with Gasteiger partial charge < -0.3 is 10.2 Å². The van der Waals surface area contributed by atoms with Crippen LogP contribution >= 0.6 is 0 Å². The van der Waals surface area contributed by atoms with E-state index in [0.717, 1.165) is 25.7 Å². The molecule has 0 aliphatic heterocycles. The molecule has 0 radical (unpaired) electrons. The molecule has 0 saturated heterocycles. The highest BCUT2D eigenvalue weighted by atomic mass is 16.3. The van der Waals surface area contributed by atoms with Gasteiger partial charge >= 0.3 is 0 Å². The van der Waals surface area contributed by atoms with Gasteiger partial charge in [-0.15, -0.1) is 0 Å². The summed E-state index contributed by atoms with van der Waals surface area (Å²) in [6.45, 7) is 10.9. The Labute approximate surface area is 135 Å². The molecule has 3 fully saturated rings. The summed E-state index contributed by atoms with van der Waals surface area (Å²) in [5.74, 6) is 1.86.